The molecular weight excluding hydrogens is 326 g/mol. The summed E-state index contributed by atoms with van der Waals surface area (Å²) < 4.78 is 2.15. The monoisotopic (exact) mass is 339 g/mol. The lowest BCUT2D eigenvalue weighted by Crippen LogP contribution is -2.12. The van der Waals surface area contributed by atoms with Gasteiger partial charge in [-0.3, -0.25) is 4.79 Å². The van der Waals surface area contributed by atoms with E-state index in [0.717, 1.165) is 15.4 Å². The minimum Gasteiger partial charge on any atom is -0.309 e. The Bertz CT molecular complexity index is 1020. The number of nitrogens with zero attached hydrogens (tertiary/aromatic N) is 2. The van der Waals surface area contributed by atoms with Crippen LogP contribution in [0.4, 0.5) is 0 Å². The van der Waals surface area contributed by atoms with Crippen molar-refractivity contribution in [3.63, 3.8) is 0 Å². The first-order valence-corrected chi connectivity index (χ1v) is 8.91. The van der Waals surface area contributed by atoms with Crippen LogP contribution in [0.15, 0.2) is 57.7 Å². The molecule has 0 saturated carbocycles. The van der Waals surface area contributed by atoms with Crippen molar-refractivity contribution in [2.45, 2.75) is 16.5 Å². The molecule has 2 aromatic carbocycles. The molecule has 4 nitrogen and oxygen atoms in total. The van der Waals surface area contributed by atoms with Gasteiger partial charge in [-0.15, -0.1) is 11.3 Å². The molecule has 1 atom stereocenters. The van der Waals surface area contributed by atoms with E-state index < -0.39 is 0 Å². The highest BCUT2D eigenvalue weighted by atomic mass is 32.2. The van der Waals surface area contributed by atoms with Gasteiger partial charge in [0.25, 0.3) is 5.56 Å². The van der Waals surface area contributed by atoms with Gasteiger partial charge in [-0.2, -0.15) is 0 Å². The molecule has 4 aromatic rings. The lowest BCUT2D eigenvalue weighted by molar-refractivity contribution is 0.922. The normalized spacial score (nSPS) is 12.7. The van der Waals surface area contributed by atoms with Gasteiger partial charge in [-0.05, 0) is 31.2 Å². The Morgan fingerprint density at radius 3 is 2.61 bits per heavy atom. The Morgan fingerprint density at radius 2 is 1.78 bits per heavy atom. The molecule has 6 heteroatoms. The number of aromatic nitrogens is 3. The van der Waals surface area contributed by atoms with Gasteiger partial charge in [0.15, 0.2) is 4.34 Å². The van der Waals surface area contributed by atoms with E-state index in [4.69, 9.17) is 0 Å². The Morgan fingerprint density at radius 1 is 1.04 bits per heavy atom. The van der Waals surface area contributed by atoms with Crippen LogP contribution in [-0.4, -0.2) is 15.0 Å². The summed E-state index contributed by atoms with van der Waals surface area (Å²) in [4.78, 5) is 24.3. The zero-order valence-electron chi connectivity index (χ0n) is 12.3. The van der Waals surface area contributed by atoms with Crippen LogP contribution in [0.1, 0.15) is 18.0 Å². The third kappa shape index (κ3) is 2.75. The summed E-state index contributed by atoms with van der Waals surface area (Å²) in [5, 5.41) is 0.640. The number of thiazole rings is 1. The van der Waals surface area contributed by atoms with E-state index >= 15 is 0 Å². The van der Waals surface area contributed by atoms with E-state index in [1.807, 2.05) is 43.3 Å². The minimum atomic E-state index is -0.0950. The molecule has 0 bridgehead atoms. The average molecular weight is 339 g/mol. The number of H-pyrrole nitrogens is 1. The van der Waals surface area contributed by atoms with Crippen LogP contribution >= 0.6 is 23.1 Å². The highest BCUT2D eigenvalue weighted by Gasteiger charge is 2.14. The highest BCUT2D eigenvalue weighted by Crippen LogP contribution is 2.37. The van der Waals surface area contributed by atoms with E-state index in [2.05, 4.69) is 21.0 Å². The van der Waals surface area contributed by atoms with Gasteiger partial charge in [-0.1, -0.05) is 36.0 Å². The first-order chi connectivity index (χ1) is 11.2. The lowest BCUT2D eigenvalue weighted by Gasteiger charge is -2.09. The van der Waals surface area contributed by atoms with Crippen LogP contribution in [-0.2, 0) is 0 Å². The largest absolute Gasteiger partial charge is 0.309 e. The summed E-state index contributed by atoms with van der Waals surface area (Å²) in [6.45, 7) is 2.03. The maximum Gasteiger partial charge on any atom is 0.258 e. The predicted molar refractivity (Wildman–Crippen MR) is 96.3 cm³/mol. The van der Waals surface area contributed by atoms with E-state index in [1.165, 1.54) is 4.70 Å². The second kappa shape index (κ2) is 5.79. The zero-order chi connectivity index (χ0) is 15.8. The number of aromatic amines is 1. The maximum absolute atomic E-state index is 12.2. The molecule has 0 aliphatic heterocycles. The fourth-order valence-electron chi connectivity index (χ4n) is 2.41. The number of nitrogens with one attached hydrogen (secondary N) is 1. The quantitative estimate of drug-likeness (QED) is 0.563. The second-order valence-corrected chi connectivity index (χ2v) is 7.79. The van der Waals surface area contributed by atoms with Gasteiger partial charge < -0.3 is 4.98 Å². The average Bonchev–Trinajstić information content (AvgIpc) is 2.97. The molecular formula is C17H13N3OS2. The smallest absolute Gasteiger partial charge is 0.258 e. The van der Waals surface area contributed by atoms with Crippen LogP contribution in [0.3, 0.4) is 0 Å². The van der Waals surface area contributed by atoms with Crippen molar-refractivity contribution >= 4 is 44.2 Å². The third-order valence-electron chi connectivity index (χ3n) is 3.57. The van der Waals surface area contributed by atoms with Gasteiger partial charge >= 0.3 is 0 Å². The summed E-state index contributed by atoms with van der Waals surface area (Å²) in [7, 11) is 0. The summed E-state index contributed by atoms with van der Waals surface area (Å²) in [6, 6.07) is 15.5. The summed E-state index contributed by atoms with van der Waals surface area (Å²) >= 11 is 3.27. The fraction of sp³-hybridized carbons (Fsp3) is 0.118. The van der Waals surface area contributed by atoms with E-state index in [0.29, 0.717) is 11.2 Å². The SMILES string of the molecule is C[C@H](Sc1nc2ccccc2s1)c1nc2ccccc2c(=O)[nH]1. The van der Waals surface area contributed by atoms with Crippen LogP contribution in [0.5, 0.6) is 0 Å². The Balaban J connectivity index is 1.68. The summed E-state index contributed by atoms with van der Waals surface area (Å²) in [6.07, 6.45) is 0. The lowest BCUT2D eigenvalue weighted by atomic mass is 10.2. The molecule has 4 rings (SSSR count). The molecule has 0 aliphatic carbocycles. The number of rotatable bonds is 3. The molecule has 0 amide bonds. The van der Waals surface area contributed by atoms with Gasteiger partial charge in [-0.25, -0.2) is 9.97 Å². The summed E-state index contributed by atoms with van der Waals surface area (Å²) in [5.74, 6) is 0.679. The number of benzene rings is 2. The van der Waals surface area contributed by atoms with Gasteiger partial charge in [0.05, 0.1) is 26.4 Å². The van der Waals surface area contributed by atoms with E-state index in [-0.39, 0.29) is 10.8 Å². The topological polar surface area (TPSA) is 58.6 Å². The van der Waals surface area contributed by atoms with Crippen molar-refractivity contribution in [1.82, 2.24) is 15.0 Å². The third-order valence-corrected chi connectivity index (χ3v) is 5.81. The standard InChI is InChI=1S/C17H13N3OS2/c1-10(22-17-19-13-8-4-5-9-14(13)23-17)15-18-12-7-3-2-6-11(12)16(21)20-15/h2-10H,1H3,(H,18,20,21)/t10-/m0/s1. The molecule has 0 aliphatic rings. The van der Waals surface area contributed by atoms with E-state index in [9.17, 15) is 4.79 Å². The number of thioether (sulfide) groups is 1. The number of fused-ring (bicyclic) bond motifs is 2. The Hall–Kier alpha value is -2.18. The number of para-hydroxylation sites is 2. The van der Waals surface area contributed by atoms with Crippen LogP contribution in [0, 0.1) is 0 Å². The van der Waals surface area contributed by atoms with Crippen molar-refractivity contribution < 1.29 is 0 Å². The molecule has 0 saturated heterocycles. The molecule has 0 spiro atoms. The molecule has 0 unspecified atom stereocenters. The number of hydrogen-bond acceptors (Lipinski definition) is 5. The maximum atomic E-state index is 12.2. The van der Waals surface area contributed by atoms with Crippen molar-refractivity contribution in [1.29, 1.82) is 0 Å². The molecule has 0 radical (unpaired) electrons. The zero-order valence-corrected chi connectivity index (χ0v) is 13.9. The van der Waals surface area contributed by atoms with Crippen molar-refractivity contribution in [3.05, 3.63) is 64.7 Å². The molecule has 0 fully saturated rings. The molecule has 2 aromatic heterocycles. The van der Waals surface area contributed by atoms with Crippen molar-refractivity contribution in [2.75, 3.05) is 0 Å². The molecule has 1 N–H and O–H groups in total. The summed E-state index contributed by atoms with van der Waals surface area (Å²) in [5.41, 5.74) is 1.64. The molecule has 2 heterocycles. The fourth-order valence-corrected chi connectivity index (χ4v) is 4.67. The van der Waals surface area contributed by atoms with Crippen LogP contribution in [0.25, 0.3) is 21.1 Å². The Kier molecular flexibility index (Phi) is 3.63. The second-order valence-electron chi connectivity index (χ2n) is 5.18. The Labute approximate surface area is 140 Å². The highest BCUT2D eigenvalue weighted by molar-refractivity contribution is 8.01. The molecule has 114 valence electrons. The first-order valence-electron chi connectivity index (χ1n) is 7.22. The predicted octanol–water partition coefficient (Wildman–Crippen LogP) is 4.39. The van der Waals surface area contributed by atoms with Crippen LogP contribution < -0.4 is 5.56 Å². The minimum absolute atomic E-state index is 0.0212. The van der Waals surface area contributed by atoms with Gasteiger partial charge in [0.1, 0.15) is 5.82 Å². The first kappa shape index (κ1) is 14.4. The number of hydrogen-bond donors (Lipinski definition) is 1. The van der Waals surface area contributed by atoms with Gasteiger partial charge in [0.2, 0.25) is 0 Å². The van der Waals surface area contributed by atoms with Crippen molar-refractivity contribution in [3.8, 4) is 0 Å². The molecule has 23 heavy (non-hydrogen) atoms. The van der Waals surface area contributed by atoms with E-state index in [1.54, 1.807) is 29.2 Å². The van der Waals surface area contributed by atoms with Gasteiger partial charge in [0, 0.05) is 0 Å². The van der Waals surface area contributed by atoms with Crippen molar-refractivity contribution in [2.24, 2.45) is 0 Å². The van der Waals surface area contributed by atoms with Crippen LogP contribution in [0.2, 0.25) is 0 Å².